The topological polar surface area (TPSA) is 70.7 Å². The van der Waals surface area contributed by atoms with Crippen LogP contribution >= 0.6 is 15.9 Å². The number of hydrogen-bond donors (Lipinski definition) is 2. The molecule has 0 unspecified atom stereocenters. The number of aromatic nitrogens is 3. The predicted molar refractivity (Wildman–Crippen MR) is 59.4 cm³/mol. The normalized spacial score (nSPS) is 10.5. The minimum atomic E-state index is -0.467. The number of rotatable bonds is 1. The van der Waals surface area contributed by atoms with E-state index in [9.17, 15) is 9.59 Å². The van der Waals surface area contributed by atoms with E-state index in [4.69, 9.17) is 0 Å². The summed E-state index contributed by atoms with van der Waals surface area (Å²) < 4.78 is 1.96. The molecule has 2 rings (SSSR count). The molecule has 0 spiro atoms. The number of H-pyrrole nitrogens is 2. The fraction of sp³-hybridized carbons (Fsp3) is 0.111. The molecule has 1 aromatic carbocycles. The first-order valence-corrected chi connectivity index (χ1v) is 5.05. The fourth-order valence-corrected chi connectivity index (χ4v) is 1.88. The third-order valence-electron chi connectivity index (χ3n) is 2.08. The van der Waals surface area contributed by atoms with Crippen LogP contribution in [0.5, 0.6) is 0 Å². The summed E-state index contributed by atoms with van der Waals surface area (Å²) in [4.78, 5) is 22.7. The number of aromatic amines is 2. The maximum absolute atomic E-state index is 11.3. The lowest BCUT2D eigenvalue weighted by Gasteiger charge is -2.03. The number of hydrogen-bond acceptors (Lipinski definition) is 2. The summed E-state index contributed by atoms with van der Waals surface area (Å²) in [5.74, 6) is 0. The van der Waals surface area contributed by atoms with E-state index in [1.807, 2.05) is 13.0 Å². The second-order valence-electron chi connectivity index (χ2n) is 3.13. The zero-order valence-corrected chi connectivity index (χ0v) is 9.46. The molecule has 0 fully saturated rings. The van der Waals surface area contributed by atoms with E-state index in [2.05, 4.69) is 26.1 Å². The van der Waals surface area contributed by atoms with Crippen molar-refractivity contribution < 1.29 is 0 Å². The van der Waals surface area contributed by atoms with Gasteiger partial charge in [-0.25, -0.2) is 24.4 Å². The van der Waals surface area contributed by atoms with Gasteiger partial charge in [-0.15, -0.1) is 0 Å². The first-order chi connectivity index (χ1) is 7.09. The molecule has 5 nitrogen and oxygen atoms in total. The van der Waals surface area contributed by atoms with E-state index in [1.54, 1.807) is 12.1 Å². The van der Waals surface area contributed by atoms with Gasteiger partial charge in [0.2, 0.25) is 0 Å². The fourth-order valence-electron chi connectivity index (χ4n) is 1.40. The Balaban J connectivity index is 2.75. The Labute approximate surface area is 92.9 Å². The highest BCUT2D eigenvalue weighted by Gasteiger charge is 2.08. The third-order valence-corrected chi connectivity index (χ3v) is 2.58. The predicted octanol–water partition coefficient (Wildman–Crippen LogP) is 0.925. The Hall–Kier alpha value is -1.56. The SMILES string of the molecule is Cc1cc(Br)ccc1-n1c(=O)[nH][nH]c1=O. The van der Waals surface area contributed by atoms with Gasteiger partial charge < -0.3 is 0 Å². The van der Waals surface area contributed by atoms with Gasteiger partial charge in [0.05, 0.1) is 5.69 Å². The first kappa shape index (κ1) is 9.97. The Morgan fingerprint density at radius 1 is 1.20 bits per heavy atom. The second-order valence-corrected chi connectivity index (χ2v) is 4.04. The zero-order chi connectivity index (χ0) is 11.0. The lowest BCUT2D eigenvalue weighted by atomic mass is 10.2. The minimum Gasteiger partial charge on any atom is -0.247 e. The number of benzene rings is 1. The smallest absolute Gasteiger partial charge is 0.247 e. The van der Waals surface area contributed by atoms with Crippen molar-refractivity contribution in [3.05, 3.63) is 49.2 Å². The van der Waals surface area contributed by atoms with Crippen molar-refractivity contribution in [1.29, 1.82) is 0 Å². The monoisotopic (exact) mass is 269 g/mol. The van der Waals surface area contributed by atoms with Gasteiger partial charge in [-0.3, -0.25) is 0 Å². The summed E-state index contributed by atoms with van der Waals surface area (Å²) in [6.07, 6.45) is 0. The lowest BCUT2D eigenvalue weighted by molar-refractivity contribution is 0.940. The van der Waals surface area contributed by atoms with Gasteiger partial charge in [-0.1, -0.05) is 15.9 Å². The van der Waals surface area contributed by atoms with Crippen molar-refractivity contribution in [1.82, 2.24) is 14.8 Å². The molecule has 1 heterocycles. The highest BCUT2D eigenvalue weighted by molar-refractivity contribution is 9.10. The van der Waals surface area contributed by atoms with Crippen LogP contribution in [0.25, 0.3) is 5.69 Å². The van der Waals surface area contributed by atoms with Crippen LogP contribution in [0.4, 0.5) is 0 Å². The highest BCUT2D eigenvalue weighted by atomic mass is 79.9. The molecule has 0 bridgehead atoms. The maximum atomic E-state index is 11.3. The summed E-state index contributed by atoms with van der Waals surface area (Å²) in [6, 6.07) is 5.33. The molecule has 0 saturated carbocycles. The van der Waals surface area contributed by atoms with E-state index < -0.39 is 11.4 Å². The number of aryl methyl sites for hydroxylation is 1. The Morgan fingerprint density at radius 3 is 2.33 bits per heavy atom. The standard InChI is InChI=1S/C9H8BrN3O2/c1-5-4-6(10)2-3-7(5)13-8(14)11-12-9(13)15/h2-4H,1H3,(H,11,14)(H,12,15). The van der Waals surface area contributed by atoms with Crippen molar-refractivity contribution >= 4 is 15.9 Å². The van der Waals surface area contributed by atoms with Crippen LogP contribution < -0.4 is 11.4 Å². The van der Waals surface area contributed by atoms with E-state index in [1.165, 1.54) is 0 Å². The quantitative estimate of drug-likeness (QED) is 0.809. The van der Waals surface area contributed by atoms with Crippen molar-refractivity contribution in [2.75, 3.05) is 0 Å². The molecule has 0 amide bonds. The van der Waals surface area contributed by atoms with Crippen LogP contribution in [0.2, 0.25) is 0 Å². The van der Waals surface area contributed by atoms with Gasteiger partial charge in [0.15, 0.2) is 0 Å². The van der Waals surface area contributed by atoms with E-state index in [0.29, 0.717) is 5.69 Å². The van der Waals surface area contributed by atoms with Gasteiger partial charge in [0.1, 0.15) is 0 Å². The molecule has 0 aliphatic carbocycles. The number of halogens is 1. The summed E-state index contributed by atoms with van der Waals surface area (Å²) in [5, 5.41) is 4.47. The van der Waals surface area contributed by atoms with Crippen LogP contribution in [0.1, 0.15) is 5.56 Å². The summed E-state index contributed by atoms with van der Waals surface area (Å²) in [7, 11) is 0. The lowest BCUT2D eigenvalue weighted by Crippen LogP contribution is -2.25. The maximum Gasteiger partial charge on any atom is 0.348 e. The molecule has 1 aromatic heterocycles. The summed E-state index contributed by atoms with van der Waals surface area (Å²) >= 11 is 3.32. The summed E-state index contributed by atoms with van der Waals surface area (Å²) in [6.45, 7) is 1.83. The average molecular weight is 270 g/mol. The zero-order valence-electron chi connectivity index (χ0n) is 7.87. The van der Waals surface area contributed by atoms with Crippen molar-refractivity contribution in [3.8, 4) is 5.69 Å². The molecular formula is C9H8BrN3O2. The molecule has 0 radical (unpaired) electrons. The number of nitrogens with zero attached hydrogens (tertiary/aromatic N) is 1. The van der Waals surface area contributed by atoms with Crippen LogP contribution in [-0.4, -0.2) is 14.8 Å². The molecule has 6 heteroatoms. The Kier molecular flexibility index (Phi) is 2.36. The first-order valence-electron chi connectivity index (χ1n) is 4.26. The molecule has 0 aliphatic rings. The van der Waals surface area contributed by atoms with Gasteiger partial charge in [-0.2, -0.15) is 0 Å². The Bertz CT molecular complexity index is 581. The molecular weight excluding hydrogens is 262 g/mol. The van der Waals surface area contributed by atoms with Gasteiger partial charge >= 0.3 is 11.4 Å². The second kappa shape index (κ2) is 3.54. The third kappa shape index (κ3) is 1.68. The van der Waals surface area contributed by atoms with E-state index in [-0.39, 0.29) is 0 Å². The molecule has 2 aromatic rings. The van der Waals surface area contributed by atoms with Crippen LogP contribution in [0.15, 0.2) is 32.3 Å². The van der Waals surface area contributed by atoms with Crippen molar-refractivity contribution in [2.45, 2.75) is 6.92 Å². The minimum absolute atomic E-state index is 0.467. The van der Waals surface area contributed by atoms with Crippen LogP contribution in [0, 0.1) is 6.92 Å². The summed E-state index contributed by atoms with van der Waals surface area (Å²) in [5.41, 5.74) is 0.484. The molecule has 0 aliphatic heterocycles. The van der Waals surface area contributed by atoms with Gasteiger partial charge in [0.25, 0.3) is 0 Å². The molecule has 0 atom stereocenters. The van der Waals surface area contributed by atoms with Crippen LogP contribution in [-0.2, 0) is 0 Å². The molecule has 2 N–H and O–H groups in total. The molecule has 0 saturated heterocycles. The largest absolute Gasteiger partial charge is 0.348 e. The van der Waals surface area contributed by atoms with E-state index >= 15 is 0 Å². The molecule has 78 valence electrons. The van der Waals surface area contributed by atoms with Gasteiger partial charge in [-0.05, 0) is 30.7 Å². The highest BCUT2D eigenvalue weighted by Crippen LogP contribution is 2.16. The van der Waals surface area contributed by atoms with Crippen molar-refractivity contribution in [3.63, 3.8) is 0 Å². The van der Waals surface area contributed by atoms with Gasteiger partial charge in [0, 0.05) is 4.47 Å². The van der Waals surface area contributed by atoms with Crippen LogP contribution in [0.3, 0.4) is 0 Å². The number of nitrogens with one attached hydrogen (secondary N) is 2. The average Bonchev–Trinajstić information content (AvgIpc) is 2.48. The Morgan fingerprint density at radius 2 is 1.80 bits per heavy atom. The van der Waals surface area contributed by atoms with Crippen molar-refractivity contribution in [2.24, 2.45) is 0 Å². The van der Waals surface area contributed by atoms with E-state index in [0.717, 1.165) is 14.6 Å². The molecule has 15 heavy (non-hydrogen) atoms.